The quantitative estimate of drug-likeness (QED) is 0.565. The van der Waals surface area contributed by atoms with E-state index in [-0.39, 0.29) is 11.8 Å². The number of rotatable bonds is 3. The summed E-state index contributed by atoms with van der Waals surface area (Å²) in [6, 6.07) is 2.54. The zero-order valence-electron chi connectivity index (χ0n) is 7.67. The van der Waals surface area contributed by atoms with Gasteiger partial charge in [-0.25, -0.2) is 9.63 Å². The molecule has 14 heavy (non-hydrogen) atoms. The van der Waals surface area contributed by atoms with Crippen LogP contribution in [0.4, 0.5) is 10.5 Å². The molecule has 6 nitrogen and oxygen atoms in total. The van der Waals surface area contributed by atoms with E-state index in [1.54, 1.807) is 25.3 Å². The number of pyridine rings is 1. The first-order valence-electron chi connectivity index (χ1n) is 4.07. The minimum atomic E-state index is -0.764. The van der Waals surface area contributed by atoms with Gasteiger partial charge in [0.15, 0.2) is 0 Å². The zero-order valence-corrected chi connectivity index (χ0v) is 7.67. The summed E-state index contributed by atoms with van der Waals surface area (Å²) >= 11 is 0. The lowest BCUT2D eigenvalue weighted by Crippen LogP contribution is -2.32. The van der Waals surface area contributed by atoms with Crippen molar-refractivity contribution in [1.29, 1.82) is 0 Å². The smallest absolute Gasteiger partial charge is 0.303 e. The molecule has 0 saturated heterocycles. The van der Waals surface area contributed by atoms with Gasteiger partial charge in [-0.15, -0.1) is 0 Å². The van der Waals surface area contributed by atoms with Crippen molar-refractivity contribution in [2.24, 2.45) is 0 Å². The van der Waals surface area contributed by atoms with E-state index in [9.17, 15) is 4.79 Å². The molecule has 1 aromatic heterocycles. The molecule has 0 fully saturated rings. The Morgan fingerprint density at radius 1 is 1.79 bits per heavy atom. The van der Waals surface area contributed by atoms with Gasteiger partial charge in [-0.2, -0.15) is 0 Å². The van der Waals surface area contributed by atoms with E-state index in [2.05, 4.69) is 15.1 Å². The maximum atomic E-state index is 11.1. The Morgan fingerprint density at radius 3 is 3.14 bits per heavy atom. The number of hydroxylamine groups is 2. The first-order valence-corrected chi connectivity index (χ1v) is 4.07. The van der Waals surface area contributed by atoms with Gasteiger partial charge >= 0.3 is 6.03 Å². The van der Waals surface area contributed by atoms with Crippen LogP contribution in [0.25, 0.3) is 0 Å². The largest absolute Gasteiger partial charge is 0.371 e. The molecule has 0 radical (unpaired) electrons. The summed E-state index contributed by atoms with van der Waals surface area (Å²) in [4.78, 5) is 19.4. The average Bonchev–Trinajstić information content (AvgIpc) is 2.19. The number of hydrogen-bond donors (Lipinski definition) is 2. The van der Waals surface area contributed by atoms with Gasteiger partial charge in [-0.3, -0.25) is 10.2 Å². The molecule has 2 amide bonds. The Balaban J connectivity index is 2.49. The molecule has 0 saturated carbocycles. The molecule has 0 atom stereocenters. The van der Waals surface area contributed by atoms with Crippen LogP contribution >= 0.6 is 0 Å². The minimum Gasteiger partial charge on any atom is -0.303 e. The van der Waals surface area contributed by atoms with Crippen molar-refractivity contribution in [3.63, 3.8) is 0 Å². The zero-order chi connectivity index (χ0) is 10.4. The van der Waals surface area contributed by atoms with Crippen molar-refractivity contribution in [3.05, 3.63) is 24.5 Å². The average molecular weight is 197 g/mol. The van der Waals surface area contributed by atoms with Crippen LogP contribution in [0.2, 0.25) is 0 Å². The number of nitrogens with one attached hydrogen (secondary N) is 1. The van der Waals surface area contributed by atoms with Crippen molar-refractivity contribution < 1.29 is 14.8 Å². The lowest BCUT2D eigenvalue weighted by atomic mass is 10.4. The molecule has 0 aliphatic rings. The van der Waals surface area contributed by atoms with Crippen LogP contribution in [-0.2, 0) is 4.84 Å². The van der Waals surface area contributed by atoms with Crippen molar-refractivity contribution in [2.75, 3.05) is 11.9 Å². The fraction of sp³-hybridized carbons (Fsp3) is 0.250. The number of carbonyl (C=O) groups is 1. The summed E-state index contributed by atoms with van der Waals surface area (Å²) in [5, 5.41) is 11.5. The van der Waals surface area contributed by atoms with Gasteiger partial charge in [0.05, 0.1) is 18.5 Å². The molecule has 6 heteroatoms. The summed E-state index contributed by atoms with van der Waals surface area (Å²) in [7, 11) is 0. The summed E-state index contributed by atoms with van der Waals surface area (Å²) < 4.78 is 0. The van der Waals surface area contributed by atoms with E-state index in [1.807, 2.05) is 0 Å². The number of urea groups is 1. The molecule has 0 aliphatic carbocycles. The van der Waals surface area contributed by atoms with Crippen LogP contribution in [0.5, 0.6) is 0 Å². The first-order chi connectivity index (χ1) is 6.74. The second-order valence-electron chi connectivity index (χ2n) is 2.36. The van der Waals surface area contributed by atoms with Crippen molar-refractivity contribution in [1.82, 2.24) is 10.2 Å². The molecular formula is C8H11N3O3. The lowest BCUT2D eigenvalue weighted by Gasteiger charge is -2.13. The highest BCUT2D eigenvalue weighted by Crippen LogP contribution is 2.03. The Kier molecular flexibility index (Phi) is 3.84. The second kappa shape index (κ2) is 5.15. The molecular weight excluding hydrogens is 186 g/mol. The molecule has 0 unspecified atom stereocenters. The maximum absolute atomic E-state index is 11.1. The van der Waals surface area contributed by atoms with Gasteiger partial charge < -0.3 is 5.32 Å². The fourth-order valence-electron chi connectivity index (χ4n) is 0.789. The lowest BCUT2D eigenvalue weighted by molar-refractivity contribution is -0.290. The number of carbonyl (C=O) groups excluding carboxylic acids is 1. The number of nitrogens with zero attached hydrogens (tertiary/aromatic N) is 2. The first kappa shape index (κ1) is 10.4. The molecule has 0 bridgehead atoms. The molecule has 1 rings (SSSR count). The van der Waals surface area contributed by atoms with Crippen LogP contribution in [-0.4, -0.2) is 28.1 Å². The van der Waals surface area contributed by atoms with E-state index in [1.165, 1.54) is 6.20 Å². The van der Waals surface area contributed by atoms with Crippen molar-refractivity contribution in [2.45, 2.75) is 6.92 Å². The van der Waals surface area contributed by atoms with Gasteiger partial charge in [0.25, 0.3) is 0 Å². The summed E-state index contributed by atoms with van der Waals surface area (Å²) in [6.45, 7) is 1.86. The van der Waals surface area contributed by atoms with Crippen LogP contribution < -0.4 is 5.32 Å². The van der Waals surface area contributed by atoms with Gasteiger partial charge in [-0.1, -0.05) is 5.23 Å². The van der Waals surface area contributed by atoms with Gasteiger partial charge in [0.2, 0.25) is 0 Å². The van der Waals surface area contributed by atoms with Gasteiger partial charge in [0, 0.05) is 6.20 Å². The van der Waals surface area contributed by atoms with E-state index < -0.39 is 6.03 Å². The third-order valence-corrected chi connectivity index (χ3v) is 1.34. The molecule has 0 aromatic carbocycles. The fourth-order valence-corrected chi connectivity index (χ4v) is 0.789. The van der Waals surface area contributed by atoms with Crippen molar-refractivity contribution >= 4 is 11.7 Å². The van der Waals surface area contributed by atoms with Gasteiger partial charge in [-0.05, 0) is 19.1 Å². The Hall–Kier alpha value is -1.66. The number of anilines is 1. The molecule has 76 valence electrons. The third kappa shape index (κ3) is 3.00. The highest BCUT2D eigenvalue weighted by molar-refractivity contribution is 5.87. The summed E-state index contributed by atoms with van der Waals surface area (Å²) in [6.07, 6.45) is 3.03. The van der Waals surface area contributed by atoms with E-state index in [0.29, 0.717) is 5.69 Å². The second-order valence-corrected chi connectivity index (χ2v) is 2.36. The summed E-state index contributed by atoms with van der Waals surface area (Å²) in [5.41, 5.74) is 0.483. The molecule has 1 heterocycles. The van der Waals surface area contributed by atoms with E-state index in [4.69, 9.17) is 5.21 Å². The van der Waals surface area contributed by atoms with Crippen LogP contribution in [0, 0.1) is 0 Å². The number of amides is 2. The Bertz CT molecular complexity index is 291. The standard InChI is InChI=1S/C8H11N3O3/c1-2-14-11(13)8(12)10-7-4-3-5-9-6-7/h3-6,13H,2H2,1H3,(H,10,12). The van der Waals surface area contributed by atoms with E-state index >= 15 is 0 Å². The monoisotopic (exact) mass is 197 g/mol. The SMILES string of the molecule is CCON(O)C(=O)Nc1cccnc1. The highest BCUT2D eigenvalue weighted by Gasteiger charge is 2.10. The molecule has 0 aliphatic heterocycles. The van der Waals surface area contributed by atoms with Crippen molar-refractivity contribution in [3.8, 4) is 0 Å². The molecule has 2 N–H and O–H groups in total. The predicted octanol–water partition coefficient (Wildman–Crippen LogP) is 1.26. The Morgan fingerprint density at radius 2 is 2.57 bits per heavy atom. The maximum Gasteiger partial charge on any atom is 0.371 e. The third-order valence-electron chi connectivity index (χ3n) is 1.34. The van der Waals surface area contributed by atoms with Gasteiger partial charge in [0.1, 0.15) is 0 Å². The number of aromatic nitrogens is 1. The highest BCUT2D eigenvalue weighted by atomic mass is 16.9. The normalized spacial score (nSPS) is 9.57. The van der Waals surface area contributed by atoms with Crippen LogP contribution in [0.1, 0.15) is 6.92 Å². The number of hydrogen-bond acceptors (Lipinski definition) is 4. The minimum absolute atomic E-state index is 0.146. The molecule has 1 aromatic rings. The molecule has 0 spiro atoms. The summed E-state index contributed by atoms with van der Waals surface area (Å²) in [5.74, 6) is 0. The van der Waals surface area contributed by atoms with E-state index in [0.717, 1.165) is 0 Å². The van der Waals surface area contributed by atoms with Crippen LogP contribution in [0.3, 0.4) is 0 Å². The van der Waals surface area contributed by atoms with Crippen LogP contribution in [0.15, 0.2) is 24.5 Å². The Labute approximate surface area is 81.0 Å². The topological polar surface area (TPSA) is 74.7 Å². The predicted molar refractivity (Wildman–Crippen MR) is 48.5 cm³/mol.